The first-order chi connectivity index (χ1) is 8.09. The van der Waals surface area contributed by atoms with E-state index in [4.69, 9.17) is 21.9 Å². The van der Waals surface area contributed by atoms with E-state index in [0.717, 1.165) is 5.56 Å². The lowest BCUT2D eigenvalue weighted by molar-refractivity contribution is 0.325. The molecular weight excluding hydrogens is 273 g/mol. The molecule has 4 nitrogen and oxygen atoms in total. The molecule has 0 saturated carbocycles. The van der Waals surface area contributed by atoms with Crippen LogP contribution in [-0.2, 0) is 0 Å². The molecule has 0 fully saturated rings. The molecule has 2 N–H and O–H groups in total. The molecule has 1 aromatic heterocycles. The van der Waals surface area contributed by atoms with Crippen LogP contribution < -0.4 is 5.73 Å². The van der Waals surface area contributed by atoms with Gasteiger partial charge < -0.3 is 10.3 Å². The van der Waals surface area contributed by atoms with Crippen molar-refractivity contribution >= 4 is 24.0 Å². The molecule has 0 saturated heterocycles. The lowest BCUT2D eigenvalue weighted by Gasteiger charge is -2.09. The molecular formula is C12H15Cl2N3O. The van der Waals surface area contributed by atoms with Gasteiger partial charge in [0.25, 0.3) is 0 Å². The summed E-state index contributed by atoms with van der Waals surface area (Å²) in [6, 6.07) is 7.11. The van der Waals surface area contributed by atoms with Gasteiger partial charge in [0.1, 0.15) is 0 Å². The molecule has 1 aromatic carbocycles. The van der Waals surface area contributed by atoms with Gasteiger partial charge in [0.05, 0.1) is 11.1 Å². The molecule has 0 unspecified atom stereocenters. The summed E-state index contributed by atoms with van der Waals surface area (Å²) in [6.07, 6.45) is 0. The van der Waals surface area contributed by atoms with E-state index >= 15 is 0 Å². The monoisotopic (exact) mass is 287 g/mol. The van der Waals surface area contributed by atoms with Crippen molar-refractivity contribution < 1.29 is 4.52 Å². The average molecular weight is 288 g/mol. The fourth-order valence-corrected chi connectivity index (χ4v) is 1.63. The molecule has 0 bridgehead atoms. The van der Waals surface area contributed by atoms with Gasteiger partial charge >= 0.3 is 0 Å². The van der Waals surface area contributed by atoms with Crippen molar-refractivity contribution in [3.8, 4) is 11.4 Å². The zero-order valence-corrected chi connectivity index (χ0v) is 11.7. The van der Waals surface area contributed by atoms with Crippen molar-refractivity contribution in [3.63, 3.8) is 0 Å². The predicted molar refractivity (Wildman–Crippen MR) is 73.8 cm³/mol. The average Bonchev–Trinajstić information content (AvgIpc) is 2.77. The van der Waals surface area contributed by atoms with Gasteiger partial charge in [-0.3, -0.25) is 0 Å². The molecule has 1 heterocycles. The van der Waals surface area contributed by atoms with Crippen LogP contribution in [0.2, 0.25) is 5.02 Å². The van der Waals surface area contributed by atoms with Crippen LogP contribution in [0.4, 0.5) is 0 Å². The molecule has 2 aromatic rings. The third-order valence-electron chi connectivity index (χ3n) is 2.56. The highest BCUT2D eigenvalue weighted by Gasteiger charge is 2.19. The molecule has 0 amide bonds. The standard InChI is InChI=1S/C12H14ClN3O.ClH/c1-7(2)10(14)12-15-11(16-17-12)8-5-3-4-6-9(8)13;/h3-7,10H,14H2,1-2H3;1H/t10-;/m0./s1. The first-order valence-electron chi connectivity index (χ1n) is 5.43. The van der Waals surface area contributed by atoms with E-state index in [0.29, 0.717) is 16.7 Å². The molecule has 0 radical (unpaired) electrons. The zero-order chi connectivity index (χ0) is 12.4. The van der Waals surface area contributed by atoms with E-state index < -0.39 is 0 Å². The molecule has 98 valence electrons. The Hall–Kier alpha value is -1.10. The first-order valence-corrected chi connectivity index (χ1v) is 5.81. The van der Waals surface area contributed by atoms with Crippen LogP contribution in [0.25, 0.3) is 11.4 Å². The molecule has 1 atom stereocenters. The van der Waals surface area contributed by atoms with E-state index in [2.05, 4.69) is 10.1 Å². The molecule has 0 aliphatic heterocycles. The highest BCUT2D eigenvalue weighted by Crippen LogP contribution is 2.26. The van der Waals surface area contributed by atoms with Crippen molar-refractivity contribution in [2.75, 3.05) is 0 Å². The fourth-order valence-electron chi connectivity index (χ4n) is 1.41. The van der Waals surface area contributed by atoms with Gasteiger partial charge in [0.2, 0.25) is 11.7 Å². The van der Waals surface area contributed by atoms with Crippen LogP contribution in [0.3, 0.4) is 0 Å². The number of benzene rings is 1. The minimum atomic E-state index is -0.251. The largest absolute Gasteiger partial charge is 0.337 e. The third-order valence-corrected chi connectivity index (χ3v) is 2.89. The molecule has 18 heavy (non-hydrogen) atoms. The number of nitrogens with zero attached hydrogens (tertiary/aromatic N) is 2. The van der Waals surface area contributed by atoms with Gasteiger partial charge in [-0.15, -0.1) is 12.4 Å². The van der Waals surface area contributed by atoms with Gasteiger partial charge in [-0.25, -0.2) is 0 Å². The zero-order valence-electron chi connectivity index (χ0n) is 10.1. The summed E-state index contributed by atoms with van der Waals surface area (Å²) in [5.74, 6) is 1.16. The summed E-state index contributed by atoms with van der Waals surface area (Å²) in [6.45, 7) is 4.01. The van der Waals surface area contributed by atoms with Crippen molar-refractivity contribution in [1.29, 1.82) is 0 Å². The maximum absolute atomic E-state index is 6.06. The topological polar surface area (TPSA) is 64.9 Å². The normalized spacial score (nSPS) is 12.3. The van der Waals surface area contributed by atoms with Gasteiger partial charge in [-0.05, 0) is 18.1 Å². The second-order valence-electron chi connectivity index (χ2n) is 4.21. The Morgan fingerprint density at radius 3 is 2.56 bits per heavy atom. The Labute approximate surface area is 117 Å². The number of aromatic nitrogens is 2. The second kappa shape index (κ2) is 6.18. The van der Waals surface area contributed by atoms with Crippen LogP contribution in [0.15, 0.2) is 28.8 Å². The highest BCUT2D eigenvalue weighted by atomic mass is 35.5. The number of hydrogen-bond acceptors (Lipinski definition) is 4. The van der Waals surface area contributed by atoms with Gasteiger partial charge in [0, 0.05) is 5.56 Å². The lowest BCUT2D eigenvalue weighted by atomic mass is 10.1. The molecule has 2 rings (SSSR count). The number of rotatable bonds is 3. The quantitative estimate of drug-likeness (QED) is 0.939. The lowest BCUT2D eigenvalue weighted by Crippen LogP contribution is -2.16. The Balaban J connectivity index is 0.00000162. The van der Waals surface area contributed by atoms with E-state index in [9.17, 15) is 0 Å². The SMILES string of the molecule is CC(C)[C@H](N)c1nc(-c2ccccc2Cl)no1.Cl. The van der Waals surface area contributed by atoms with E-state index in [1.165, 1.54) is 0 Å². The van der Waals surface area contributed by atoms with Gasteiger partial charge in [0.15, 0.2) is 0 Å². The third kappa shape index (κ3) is 3.02. The summed E-state index contributed by atoms with van der Waals surface area (Å²) in [4.78, 5) is 4.28. The summed E-state index contributed by atoms with van der Waals surface area (Å²) < 4.78 is 5.15. The summed E-state index contributed by atoms with van der Waals surface area (Å²) >= 11 is 6.06. The van der Waals surface area contributed by atoms with Crippen LogP contribution in [0.5, 0.6) is 0 Å². The minimum absolute atomic E-state index is 0. The second-order valence-corrected chi connectivity index (χ2v) is 4.61. The van der Waals surface area contributed by atoms with Crippen molar-refractivity contribution in [2.24, 2.45) is 11.7 Å². The van der Waals surface area contributed by atoms with Crippen molar-refractivity contribution in [2.45, 2.75) is 19.9 Å². The summed E-state index contributed by atoms with van der Waals surface area (Å²) in [5, 5.41) is 4.50. The highest BCUT2D eigenvalue weighted by molar-refractivity contribution is 6.33. The predicted octanol–water partition coefficient (Wildman–Crippen LogP) is 3.47. The molecule has 0 spiro atoms. The maximum atomic E-state index is 6.06. The fraction of sp³-hybridized carbons (Fsp3) is 0.333. The van der Waals surface area contributed by atoms with Crippen LogP contribution in [0.1, 0.15) is 25.8 Å². The van der Waals surface area contributed by atoms with E-state index in [-0.39, 0.29) is 24.4 Å². The van der Waals surface area contributed by atoms with Gasteiger partial charge in [-0.1, -0.05) is 42.7 Å². The summed E-state index contributed by atoms with van der Waals surface area (Å²) in [7, 11) is 0. The molecule has 0 aliphatic carbocycles. The Morgan fingerprint density at radius 1 is 1.28 bits per heavy atom. The first kappa shape index (κ1) is 15.0. The Morgan fingerprint density at radius 2 is 1.94 bits per heavy atom. The minimum Gasteiger partial charge on any atom is -0.337 e. The van der Waals surface area contributed by atoms with Crippen LogP contribution >= 0.6 is 24.0 Å². The molecule has 6 heteroatoms. The van der Waals surface area contributed by atoms with Gasteiger partial charge in [-0.2, -0.15) is 4.98 Å². The summed E-state index contributed by atoms with van der Waals surface area (Å²) in [5.41, 5.74) is 6.69. The van der Waals surface area contributed by atoms with Crippen molar-refractivity contribution in [1.82, 2.24) is 10.1 Å². The molecule has 0 aliphatic rings. The number of nitrogens with two attached hydrogens (primary N) is 1. The Kier molecular flexibility index (Phi) is 5.14. The maximum Gasteiger partial charge on any atom is 0.244 e. The van der Waals surface area contributed by atoms with E-state index in [1.54, 1.807) is 6.07 Å². The van der Waals surface area contributed by atoms with E-state index in [1.807, 2.05) is 32.0 Å². The smallest absolute Gasteiger partial charge is 0.244 e. The van der Waals surface area contributed by atoms with Crippen LogP contribution in [-0.4, -0.2) is 10.1 Å². The van der Waals surface area contributed by atoms with Crippen LogP contribution in [0, 0.1) is 5.92 Å². The number of hydrogen-bond donors (Lipinski definition) is 1. The van der Waals surface area contributed by atoms with Crippen molar-refractivity contribution in [3.05, 3.63) is 35.2 Å². The number of halogens is 2. The Bertz CT molecular complexity index is 514.